The first-order valence-electron chi connectivity index (χ1n) is 5.23. The molecule has 0 aromatic carbocycles. The normalized spacial score (nSPS) is 17.2. The fourth-order valence-corrected chi connectivity index (χ4v) is 1.44. The first-order valence-corrected chi connectivity index (χ1v) is 5.23. The third kappa shape index (κ3) is 2.71. The molecule has 1 saturated carbocycles. The lowest BCUT2D eigenvalue weighted by Crippen LogP contribution is -2.39. The molecule has 1 rings (SSSR count). The molecule has 2 heteroatoms. The van der Waals surface area contributed by atoms with E-state index >= 15 is 0 Å². The molecule has 1 fully saturated rings. The Morgan fingerprint density at radius 1 is 1.46 bits per heavy atom. The van der Waals surface area contributed by atoms with Crippen LogP contribution >= 0.6 is 0 Å². The molecular formula is C11H21NO. The lowest BCUT2D eigenvalue weighted by atomic mass is 9.88. The van der Waals surface area contributed by atoms with Gasteiger partial charge in [-0.2, -0.15) is 0 Å². The van der Waals surface area contributed by atoms with Crippen molar-refractivity contribution in [1.82, 2.24) is 4.90 Å². The van der Waals surface area contributed by atoms with Crippen molar-refractivity contribution in [1.29, 1.82) is 0 Å². The Kier molecular flexibility index (Phi) is 2.99. The molecule has 1 aliphatic carbocycles. The molecule has 0 spiro atoms. The predicted octanol–water partition coefficient (Wildman–Crippen LogP) is 2.29. The van der Waals surface area contributed by atoms with Gasteiger partial charge in [-0.25, -0.2) is 0 Å². The van der Waals surface area contributed by atoms with Crippen LogP contribution in [0.4, 0.5) is 0 Å². The van der Waals surface area contributed by atoms with Gasteiger partial charge in [0.05, 0.1) is 0 Å². The quantitative estimate of drug-likeness (QED) is 0.655. The van der Waals surface area contributed by atoms with Gasteiger partial charge in [-0.05, 0) is 25.2 Å². The van der Waals surface area contributed by atoms with E-state index in [9.17, 15) is 4.79 Å². The summed E-state index contributed by atoms with van der Waals surface area (Å²) in [6.45, 7) is 7.09. The van der Waals surface area contributed by atoms with Gasteiger partial charge in [-0.3, -0.25) is 4.79 Å². The van der Waals surface area contributed by atoms with Crippen LogP contribution in [-0.2, 0) is 4.79 Å². The molecule has 76 valence electrons. The third-order valence-electron chi connectivity index (χ3n) is 3.04. The smallest absolute Gasteiger partial charge is 0.227 e. The minimum Gasteiger partial charge on any atom is -0.345 e. The number of amides is 1. The molecule has 0 radical (unpaired) electrons. The van der Waals surface area contributed by atoms with Crippen LogP contribution in [0, 0.1) is 11.3 Å². The summed E-state index contributed by atoms with van der Waals surface area (Å²) in [6, 6.07) is 0. The summed E-state index contributed by atoms with van der Waals surface area (Å²) in [5.74, 6) is 1.09. The summed E-state index contributed by atoms with van der Waals surface area (Å²) >= 11 is 0. The van der Waals surface area contributed by atoms with Gasteiger partial charge in [0.25, 0.3) is 0 Å². The van der Waals surface area contributed by atoms with E-state index in [1.54, 1.807) is 0 Å². The monoisotopic (exact) mass is 183 g/mol. The van der Waals surface area contributed by atoms with E-state index in [4.69, 9.17) is 0 Å². The Morgan fingerprint density at radius 2 is 2.00 bits per heavy atom. The first kappa shape index (κ1) is 10.6. The number of hydrogen-bond donors (Lipinski definition) is 0. The first-order chi connectivity index (χ1) is 5.97. The van der Waals surface area contributed by atoms with Gasteiger partial charge >= 0.3 is 0 Å². The van der Waals surface area contributed by atoms with Crippen LogP contribution in [0.15, 0.2) is 0 Å². The minimum absolute atomic E-state index is 0.177. The number of carbonyl (C=O) groups is 1. The van der Waals surface area contributed by atoms with E-state index in [0.29, 0.717) is 5.91 Å². The Morgan fingerprint density at radius 3 is 2.38 bits per heavy atom. The number of hydrogen-bond acceptors (Lipinski definition) is 1. The van der Waals surface area contributed by atoms with E-state index in [2.05, 4.69) is 6.92 Å². The number of nitrogens with zero attached hydrogens (tertiary/aromatic N) is 1. The van der Waals surface area contributed by atoms with Crippen molar-refractivity contribution in [2.75, 3.05) is 13.6 Å². The Labute approximate surface area is 81.3 Å². The molecule has 0 aromatic heterocycles. The fraction of sp³-hybridized carbons (Fsp3) is 0.909. The van der Waals surface area contributed by atoms with Crippen molar-refractivity contribution >= 4 is 5.91 Å². The van der Waals surface area contributed by atoms with Crippen molar-refractivity contribution in [3.8, 4) is 0 Å². The van der Waals surface area contributed by atoms with Gasteiger partial charge in [0.15, 0.2) is 0 Å². The largest absolute Gasteiger partial charge is 0.345 e. The van der Waals surface area contributed by atoms with Crippen molar-refractivity contribution in [3.63, 3.8) is 0 Å². The zero-order chi connectivity index (χ0) is 10.1. The van der Waals surface area contributed by atoms with Crippen LogP contribution in [0.2, 0.25) is 0 Å². The van der Waals surface area contributed by atoms with E-state index < -0.39 is 0 Å². The summed E-state index contributed by atoms with van der Waals surface area (Å²) in [7, 11) is 1.93. The van der Waals surface area contributed by atoms with Gasteiger partial charge in [0, 0.05) is 19.0 Å². The Balaban J connectivity index is 2.44. The SMILES string of the molecule is CCC(C)(C)C(=O)N(C)CC1CC1. The summed E-state index contributed by atoms with van der Waals surface area (Å²) in [5, 5.41) is 0. The fourth-order valence-electron chi connectivity index (χ4n) is 1.44. The standard InChI is InChI=1S/C11H21NO/c1-5-11(2,3)10(13)12(4)8-9-6-7-9/h9H,5-8H2,1-4H3. The molecule has 2 nitrogen and oxygen atoms in total. The molecular weight excluding hydrogens is 162 g/mol. The van der Waals surface area contributed by atoms with Gasteiger partial charge in [-0.1, -0.05) is 20.8 Å². The molecule has 0 N–H and O–H groups in total. The van der Waals surface area contributed by atoms with Gasteiger partial charge in [0.2, 0.25) is 5.91 Å². The third-order valence-corrected chi connectivity index (χ3v) is 3.04. The van der Waals surface area contributed by atoms with Crippen molar-refractivity contribution in [2.24, 2.45) is 11.3 Å². The maximum Gasteiger partial charge on any atom is 0.227 e. The zero-order valence-corrected chi connectivity index (χ0v) is 9.26. The van der Waals surface area contributed by atoms with Crippen LogP contribution in [0.25, 0.3) is 0 Å². The maximum absolute atomic E-state index is 11.9. The molecule has 0 aromatic rings. The lowest BCUT2D eigenvalue weighted by molar-refractivity contribution is -0.139. The van der Waals surface area contributed by atoms with Gasteiger partial charge in [0.1, 0.15) is 0 Å². The summed E-state index contributed by atoms with van der Waals surface area (Å²) in [5.41, 5.74) is -0.177. The van der Waals surface area contributed by atoms with Crippen LogP contribution in [0.1, 0.15) is 40.0 Å². The topological polar surface area (TPSA) is 20.3 Å². The van der Waals surface area contributed by atoms with Crippen LogP contribution in [0.3, 0.4) is 0 Å². The summed E-state index contributed by atoms with van der Waals surface area (Å²) in [4.78, 5) is 13.8. The molecule has 0 atom stereocenters. The molecule has 0 saturated heterocycles. The highest BCUT2D eigenvalue weighted by molar-refractivity contribution is 5.81. The van der Waals surface area contributed by atoms with Crippen molar-refractivity contribution in [2.45, 2.75) is 40.0 Å². The highest BCUT2D eigenvalue weighted by Crippen LogP contribution is 2.31. The zero-order valence-electron chi connectivity index (χ0n) is 9.26. The van der Waals surface area contributed by atoms with Crippen molar-refractivity contribution < 1.29 is 4.79 Å². The second-order valence-electron chi connectivity index (χ2n) is 4.87. The van der Waals surface area contributed by atoms with Crippen LogP contribution < -0.4 is 0 Å². The van der Waals surface area contributed by atoms with Gasteiger partial charge in [-0.15, -0.1) is 0 Å². The highest BCUT2D eigenvalue weighted by atomic mass is 16.2. The van der Waals surface area contributed by atoms with E-state index in [-0.39, 0.29) is 5.41 Å². The molecule has 0 aliphatic heterocycles. The van der Waals surface area contributed by atoms with Crippen LogP contribution in [-0.4, -0.2) is 24.4 Å². The van der Waals surface area contributed by atoms with Gasteiger partial charge < -0.3 is 4.90 Å². The summed E-state index contributed by atoms with van der Waals surface area (Å²) in [6.07, 6.45) is 3.54. The maximum atomic E-state index is 11.9. The second kappa shape index (κ2) is 3.69. The number of carbonyl (C=O) groups excluding carboxylic acids is 1. The molecule has 1 amide bonds. The summed E-state index contributed by atoms with van der Waals surface area (Å²) < 4.78 is 0. The predicted molar refractivity (Wildman–Crippen MR) is 54.4 cm³/mol. The molecule has 13 heavy (non-hydrogen) atoms. The second-order valence-corrected chi connectivity index (χ2v) is 4.87. The average molecular weight is 183 g/mol. The van der Waals surface area contributed by atoms with E-state index in [0.717, 1.165) is 18.9 Å². The average Bonchev–Trinajstić information content (AvgIpc) is 2.86. The molecule has 1 aliphatic rings. The van der Waals surface area contributed by atoms with Crippen molar-refractivity contribution in [3.05, 3.63) is 0 Å². The van der Waals surface area contributed by atoms with Crippen LogP contribution in [0.5, 0.6) is 0 Å². The Bertz CT molecular complexity index is 194. The lowest BCUT2D eigenvalue weighted by Gasteiger charge is -2.28. The molecule has 0 unspecified atom stereocenters. The molecule has 0 heterocycles. The minimum atomic E-state index is -0.177. The van der Waals surface area contributed by atoms with E-state index in [1.165, 1.54) is 12.8 Å². The molecule has 0 bridgehead atoms. The number of rotatable bonds is 4. The van der Waals surface area contributed by atoms with E-state index in [1.807, 2.05) is 25.8 Å². The Hall–Kier alpha value is -0.530. The highest BCUT2D eigenvalue weighted by Gasteiger charge is 2.31.